The van der Waals surface area contributed by atoms with Crippen LogP contribution >= 0.6 is 0 Å². The minimum atomic E-state index is -4.78. The van der Waals surface area contributed by atoms with Gasteiger partial charge in [-0.2, -0.15) is 0 Å². The molecule has 0 atom stereocenters. The third kappa shape index (κ3) is 7.45. The number of rotatable bonds is 7. The van der Waals surface area contributed by atoms with Gasteiger partial charge >= 0.3 is 6.36 Å². The zero-order chi connectivity index (χ0) is 22.3. The van der Waals surface area contributed by atoms with Crippen molar-refractivity contribution in [2.45, 2.75) is 26.4 Å². The van der Waals surface area contributed by atoms with Gasteiger partial charge in [0.15, 0.2) is 11.7 Å². The van der Waals surface area contributed by atoms with Crippen molar-refractivity contribution >= 4 is 11.6 Å². The normalized spacial score (nSPS) is 16.3. The fraction of sp³-hybridized carbons (Fsp3) is 0.409. The number of ether oxygens (including phenoxy) is 1. The Labute approximate surface area is 180 Å². The summed E-state index contributed by atoms with van der Waals surface area (Å²) >= 11 is 0. The number of hydrogen-bond acceptors (Lipinski definition) is 4. The summed E-state index contributed by atoms with van der Waals surface area (Å²) in [5.74, 6) is -0.353. The van der Waals surface area contributed by atoms with Gasteiger partial charge < -0.3 is 20.7 Å². The molecule has 0 aliphatic carbocycles. The van der Waals surface area contributed by atoms with Crippen LogP contribution in [0.3, 0.4) is 0 Å². The molecule has 1 fully saturated rings. The molecule has 1 saturated heterocycles. The van der Waals surface area contributed by atoms with Crippen LogP contribution in [0.1, 0.15) is 18.1 Å². The van der Waals surface area contributed by atoms with Crippen LogP contribution in [0.15, 0.2) is 53.5 Å². The summed E-state index contributed by atoms with van der Waals surface area (Å²) in [4.78, 5) is 9.12. The number of nitrogens with one attached hydrogen (secondary N) is 1. The Morgan fingerprint density at radius 3 is 2.26 bits per heavy atom. The van der Waals surface area contributed by atoms with Crippen molar-refractivity contribution in [3.8, 4) is 5.75 Å². The number of guanidine groups is 1. The molecule has 0 aromatic heterocycles. The van der Waals surface area contributed by atoms with E-state index in [1.54, 1.807) is 6.07 Å². The molecule has 9 heteroatoms. The SMILES string of the molecule is CCN1CCN(Cc2ccc(CN=C(N)Nc3ccccc3OC(F)(F)F)cc2)CC1. The van der Waals surface area contributed by atoms with Gasteiger partial charge in [0.1, 0.15) is 0 Å². The highest BCUT2D eigenvalue weighted by Gasteiger charge is 2.32. The maximum atomic E-state index is 12.5. The van der Waals surface area contributed by atoms with E-state index in [1.807, 2.05) is 12.1 Å². The van der Waals surface area contributed by atoms with Crippen molar-refractivity contribution in [3.63, 3.8) is 0 Å². The zero-order valence-corrected chi connectivity index (χ0v) is 17.5. The van der Waals surface area contributed by atoms with Gasteiger partial charge in [0.05, 0.1) is 12.2 Å². The molecule has 3 N–H and O–H groups in total. The summed E-state index contributed by atoms with van der Waals surface area (Å²) in [6.45, 7) is 8.87. The maximum Gasteiger partial charge on any atom is 0.573 e. The van der Waals surface area contributed by atoms with Crippen LogP contribution in [0.2, 0.25) is 0 Å². The number of nitrogens with zero attached hydrogens (tertiary/aromatic N) is 3. The van der Waals surface area contributed by atoms with Gasteiger partial charge in [-0.25, -0.2) is 4.99 Å². The third-order valence-corrected chi connectivity index (χ3v) is 5.15. The summed E-state index contributed by atoms with van der Waals surface area (Å²) < 4.78 is 41.6. The summed E-state index contributed by atoms with van der Waals surface area (Å²) in [7, 11) is 0. The molecule has 6 nitrogen and oxygen atoms in total. The lowest BCUT2D eigenvalue weighted by Gasteiger charge is -2.34. The molecule has 2 aromatic carbocycles. The number of para-hydroxylation sites is 2. The monoisotopic (exact) mass is 435 g/mol. The molecule has 31 heavy (non-hydrogen) atoms. The highest BCUT2D eigenvalue weighted by molar-refractivity contribution is 5.93. The molecular weight excluding hydrogens is 407 g/mol. The molecule has 1 heterocycles. The Hall–Kier alpha value is -2.78. The Morgan fingerprint density at radius 1 is 1.00 bits per heavy atom. The average Bonchev–Trinajstić information content (AvgIpc) is 2.74. The number of likely N-dealkylation sites (N-methyl/N-ethyl adjacent to an activating group) is 1. The van der Waals surface area contributed by atoms with Crippen LogP contribution in [0.4, 0.5) is 18.9 Å². The first-order valence-electron chi connectivity index (χ1n) is 10.3. The Morgan fingerprint density at radius 2 is 1.61 bits per heavy atom. The smallest absolute Gasteiger partial charge is 0.404 e. The molecular formula is C22H28F3N5O. The standard InChI is InChI=1S/C22H28F3N5O/c1-2-29-11-13-30(14-12-29)16-18-9-7-17(8-10-18)15-27-21(26)28-19-5-3-4-6-20(19)31-22(23,24)25/h3-10H,2,11-16H2,1H3,(H3,26,27,28). The van der Waals surface area contributed by atoms with E-state index in [0.717, 1.165) is 44.8 Å². The van der Waals surface area contributed by atoms with Gasteiger partial charge in [0, 0.05) is 32.7 Å². The first kappa shape index (κ1) is 22.9. The predicted octanol–water partition coefficient (Wildman–Crippen LogP) is 3.65. The van der Waals surface area contributed by atoms with E-state index < -0.39 is 6.36 Å². The number of alkyl halides is 3. The number of aliphatic imine (C=N–C) groups is 1. The minimum absolute atomic E-state index is 0.0103. The summed E-state index contributed by atoms with van der Waals surface area (Å²) in [5.41, 5.74) is 8.15. The molecule has 0 saturated carbocycles. The van der Waals surface area contributed by atoms with Gasteiger partial charge in [0.25, 0.3) is 0 Å². The third-order valence-electron chi connectivity index (χ3n) is 5.15. The number of anilines is 1. The Balaban J connectivity index is 1.53. The Bertz CT molecular complexity index is 862. The number of nitrogens with two attached hydrogens (primary N) is 1. The topological polar surface area (TPSA) is 66.1 Å². The minimum Gasteiger partial charge on any atom is -0.404 e. The number of benzene rings is 2. The lowest BCUT2D eigenvalue weighted by Crippen LogP contribution is -2.45. The van der Waals surface area contributed by atoms with E-state index in [-0.39, 0.29) is 17.4 Å². The molecule has 0 unspecified atom stereocenters. The molecule has 0 radical (unpaired) electrons. The van der Waals surface area contributed by atoms with E-state index in [2.05, 4.69) is 43.9 Å². The van der Waals surface area contributed by atoms with Gasteiger partial charge in [0.2, 0.25) is 0 Å². The summed E-state index contributed by atoms with van der Waals surface area (Å²) in [6, 6.07) is 13.8. The van der Waals surface area contributed by atoms with Crippen molar-refractivity contribution in [1.82, 2.24) is 9.80 Å². The predicted molar refractivity (Wildman–Crippen MR) is 116 cm³/mol. The average molecular weight is 435 g/mol. The number of hydrogen-bond donors (Lipinski definition) is 2. The maximum absolute atomic E-state index is 12.5. The fourth-order valence-electron chi connectivity index (χ4n) is 3.41. The van der Waals surface area contributed by atoms with Crippen LogP contribution < -0.4 is 15.8 Å². The molecule has 1 aliphatic heterocycles. The van der Waals surface area contributed by atoms with Gasteiger partial charge in [-0.1, -0.05) is 43.3 Å². The van der Waals surface area contributed by atoms with Crippen LogP contribution in [0, 0.1) is 0 Å². The number of piperazine rings is 1. The summed E-state index contributed by atoms with van der Waals surface area (Å²) in [5, 5.41) is 2.67. The molecule has 1 aliphatic rings. The largest absolute Gasteiger partial charge is 0.573 e. The first-order valence-corrected chi connectivity index (χ1v) is 10.3. The molecule has 0 bridgehead atoms. The van der Waals surface area contributed by atoms with Crippen LogP contribution in [-0.2, 0) is 13.1 Å². The highest BCUT2D eigenvalue weighted by Crippen LogP contribution is 2.29. The van der Waals surface area contributed by atoms with Crippen molar-refractivity contribution in [1.29, 1.82) is 0 Å². The molecule has 0 spiro atoms. The van der Waals surface area contributed by atoms with Gasteiger partial charge in [-0.15, -0.1) is 13.2 Å². The van der Waals surface area contributed by atoms with E-state index in [4.69, 9.17) is 5.73 Å². The lowest BCUT2D eigenvalue weighted by molar-refractivity contribution is -0.274. The molecule has 0 amide bonds. The Kier molecular flexibility index (Phi) is 7.75. The highest BCUT2D eigenvalue weighted by atomic mass is 19.4. The number of halogens is 3. The first-order chi connectivity index (χ1) is 14.8. The van der Waals surface area contributed by atoms with Crippen molar-refractivity contribution in [2.75, 3.05) is 38.0 Å². The van der Waals surface area contributed by atoms with Gasteiger partial charge in [-0.05, 0) is 29.8 Å². The van der Waals surface area contributed by atoms with Crippen LogP contribution in [-0.4, -0.2) is 54.8 Å². The van der Waals surface area contributed by atoms with E-state index in [1.165, 1.54) is 23.8 Å². The summed E-state index contributed by atoms with van der Waals surface area (Å²) in [6.07, 6.45) is -4.78. The quantitative estimate of drug-likeness (QED) is 0.513. The second-order valence-electron chi connectivity index (χ2n) is 7.40. The second-order valence-corrected chi connectivity index (χ2v) is 7.40. The van der Waals surface area contributed by atoms with Crippen molar-refractivity contribution in [2.24, 2.45) is 10.7 Å². The molecule has 3 rings (SSSR count). The lowest BCUT2D eigenvalue weighted by atomic mass is 10.1. The van der Waals surface area contributed by atoms with Gasteiger partial charge in [-0.3, -0.25) is 4.90 Å². The van der Waals surface area contributed by atoms with Crippen molar-refractivity contribution < 1.29 is 17.9 Å². The van der Waals surface area contributed by atoms with E-state index in [0.29, 0.717) is 6.54 Å². The van der Waals surface area contributed by atoms with E-state index in [9.17, 15) is 13.2 Å². The van der Waals surface area contributed by atoms with Crippen LogP contribution in [0.5, 0.6) is 5.75 Å². The molecule has 168 valence electrons. The second kappa shape index (κ2) is 10.5. The van der Waals surface area contributed by atoms with E-state index >= 15 is 0 Å². The van der Waals surface area contributed by atoms with Crippen LogP contribution in [0.25, 0.3) is 0 Å². The fourth-order valence-corrected chi connectivity index (χ4v) is 3.41. The molecule has 2 aromatic rings. The van der Waals surface area contributed by atoms with Crippen molar-refractivity contribution in [3.05, 3.63) is 59.7 Å². The zero-order valence-electron chi connectivity index (χ0n) is 17.5.